The fourth-order valence-corrected chi connectivity index (χ4v) is 3.89. The zero-order chi connectivity index (χ0) is 20.4. The molecule has 6 nitrogen and oxygen atoms in total. The molecule has 0 bridgehead atoms. The molecule has 0 radical (unpaired) electrons. The van der Waals surface area contributed by atoms with E-state index in [1.54, 1.807) is 19.3 Å². The molecule has 150 valence electrons. The average molecular weight is 415 g/mol. The van der Waals surface area contributed by atoms with E-state index in [1.165, 1.54) is 23.9 Å². The summed E-state index contributed by atoms with van der Waals surface area (Å²) >= 11 is 1.29. The van der Waals surface area contributed by atoms with Gasteiger partial charge in [-0.2, -0.15) is 0 Å². The molecule has 0 spiro atoms. The molecule has 1 amide bonds. The molecule has 9 heteroatoms. The van der Waals surface area contributed by atoms with Gasteiger partial charge in [0.05, 0.1) is 11.8 Å². The largest absolute Gasteiger partial charge is 0.349 e. The van der Waals surface area contributed by atoms with E-state index in [0.717, 1.165) is 30.3 Å². The summed E-state index contributed by atoms with van der Waals surface area (Å²) in [5.41, 5.74) is 1.12. The van der Waals surface area contributed by atoms with Gasteiger partial charge >= 0.3 is 0 Å². The normalized spacial score (nSPS) is 14.6. The fraction of sp³-hybridized carbons (Fsp3) is 0.300. The molecular formula is C20H19F2N5OS. The van der Waals surface area contributed by atoms with Crippen molar-refractivity contribution < 1.29 is 13.6 Å². The monoisotopic (exact) mass is 415 g/mol. The van der Waals surface area contributed by atoms with E-state index in [0.29, 0.717) is 11.2 Å². The molecule has 0 saturated heterocycles. The lowest BCUT2D eigenvalue weighted by Crippen LogP contribution is -2.28. The minimum Gasteiger partial charge on any atom is -0.349 e. The summed E-state index contributed by atoms with van der Waals surface area (Å²) in [4.78, 5) is 16.5. The predicted molar refractivity (Wildman–Crippen MR) is 105 cm³/mol. The van der Waals surface area contributed by atoms with Gasteiger partial charge in [-0.25, -0.2) is 8.78 Å². The Kier molecular flexibility index (Phi) is 5.57. The van der Waals surface area contributed by atoms with Crippen molar-refractivity contribution in [2.45, 2.75) is 37.0 Å². The molecule has 3 aromatic rings. The van der Waals surface area contributed by atoms with Crippen molar-refractivity contribution in [3.8, 4) is 11.4 Å². The number of nitrogens with zero attached hydrogens (tertiary/aromatic N) is 4. The standard InChI is InChI=1S/C20H19F2N5OS/c1-12(16-7-4-14(21)9-17(16)22)24-18(28)11-29-20-26-25-19(27(20)15-5-6-15)13-3-2-8-23-10-13/h2-4,7-10,12,15H,5-6,11H2,1H3,(H,24,28)/t12-/m0/s1. The molecule has 0 aliphatic heterocycles. The number of nitrogens with one attached hydrogen (secondary N) is 1. The van der Waals surface area contributed by atoms with Crippen molar-refractivity contribution in [2.24, 2.45) is 0 Å². The number of carbonyl (C=O) groups is 1. The zero-order valence-electron chi connectivity index (χ0n) is 15.7. The van der Waals surface area contributed by atoms with Crippen LogP contribution in [0.25, 0.3) is 11.4 Å². The van der Waals surface area contributed by atoms with Crippen LogP contribution in [0.4, 0.5) is 8.78 Å². The predicted octanol–water partition coefficient (Wildman–Crippen LogP) is 3.92. The van der Waals surface area contributed by atoms with Crippen LogP contribution < -0.4 is 5.32 Å². The quantitative estimate of drug-likeness (QED) is 0.592. The average Bonchev–Trinajstić information content (AvgIpc) is 3.45. The summed E-state index contributed by atoms with van der Waals surface area (Å²) in [6.45, 7) is 1.66. The van der Waals surface area contributed by atoms with Crippen molar-refractivity contribution in [2.75, 3.05) is 5.75 Å². The number of carbonyl (C=O) groups excluding carboxylic acids is 1. The van der Waals surface area contributed by atoms with Gasteiger partial charge in [0.15, 0.2) is 11.0 Å². The number of hydrogen-bond donors (Lipinski definition) is 1. The van der Waals surface area contributed by atoms with Gasteiger partial charge in [0.2, 0.25) is 5.91 Å². The molecule has 4 rings (SSSR count). The number of rotatable bonds is 7. The third-order valence-corrected chi connectivity index (χ3v) is 5.58. The first-order chi connectivity index (χ1) is 14.0. The molecule has 2 heterocycles. The number of halogens is 2. The lowest BCUT2D eigenvalue weighted by Gasteiger charge is -2.15. The first-order valence-electron chi connectivity index (χ1n) is 9.25. The van der Waals surface area contributed by atoms with E-state index in [4.69, 9.17) is 0 Å². The second-order valence-corrected chi connectivity index (χ2v) is 7.84. The topological polar surface area (TPSA) is 72.7 Å². The summed E-state index contributed by atoms with van der Waals surface area (Å²) in [5, 5.41) is 12.0. The Bertz CT molecular complexity index is 1020. The van der Waals surface area contributed by atoms with Crippen LogP contribution in [0, 0.1) is 11.6 Å². The molecule has 1 fully saturated rings. The summed E-state index contributed by atoms with van der Waals surface area (Å²) in [6, 6.07) is 6.85. The minimum atomic E-state index is -0.681. The first kappa shape index (κ1) is 19.5. The molecule has 1 aliphatic rings. The van der Waals surface area contributed by atoms with Crippen LogP contribution in [0.5, 0.6) is 0 Å². The van der Waals surface area contributed by atoms with Crippen LogP contribution >= 0.6 is 11.8 Å². The third-order valence-electron chi connectivity index (χ3n) is 4.64. The first-order valence-corrected chi connectivity index (χ1v) is 10.2. The van der Waals surface area contributed by atoms with Crippen LogP contribution in [0.2, 0.25) is 0 Å². The Morgan fingerprint density at radius 1 is 1.31 bits per heavy atom. The number of hydrogen-bond acceptors (Lipinski definition) is 5. The Hall–Kier alpha value is -2.81. The highest BCUT2D eigenvalue weighted by molar-refractivity contribution is 7.99. The number of pyridine rings is 1. The van der Waals surface area contributed by atoms with E-state index in [-0.39, 0.29) is 17.2 Å². The van der Waals surface area contributed by atoms with Gasteiger partial charge in [0.25, 0.3) is 0 Å². The summed E-state index contributed by atoms with van der Waals surface area (Å²) in [6.07, 6.45) is 5.54. The smallest absolute Gasteiger partial charge is 0.230 e. The number of benzene rings is 1. The number of aromatic nitrogens is 4. The molecule has 1 N–H and O–H groups in total. The second kappa shape index (κ2) is 8.28. The highest BCUT2D eigenvalue weighted by Gasteiger charge is 2.30. The Labute approximate surface area is 170 Å². The van der Waals surface area contributed by atoms with Gasteiger partial charge in [-0.1, -0.05) is 17.8 Å². The minimum absolute atomic E-state index is 0.116. The maximum absolute atomic E-state index is 13.9. The van der Waals surface area contributed by atoms with E-state index >= 15 is 0 Å². The molecule has 2 aromatic heterocycles. The maximum atomic E-state index is 13.9. The van der Waals surface area contributed by atoms with Crippen molar-refractivity contribution in [3.05, 3.63) is 59.9 Å². The highest BCUT2D eigenvalue weighted by atomic mass is 32.2. The molecule has 29 heavy (non-hydrogen) atoms. The van der Waals surface area contributed by atoms with Crippen LogP contribution in [0.15, 0.2) is 47.9 Å². The van der Waals surface area contributed by atoms with Gasteiger partial charge in [-0.15, -0.1) is 10.2 Å². The summed E-state index contributed by atoms with van der Waals surface area (Å²) < 4.78 is 29.0. The molecule has 1 aliphatic carbocycles. The van der Waals surface area contributed by atoms with Gasteiger partial charge < -0.3 is 5.32 Å². The number of amides is 1. The maximum Gasteiger partial charge on any atom is 0.230 e. The van der Waals surface area contributed by atoms with Gasteiger partial charge in [-0.05, 0) is 38.0 Å². The SMILES string of the molecule is C[C@H](NC(=O)CSc1nnc(-c2cccnc2)n1C1CC1)c1ccc(F)cc1F. The third kappa shape index (κ3) is 4.45. The van der Waals surface area contributed by atoms with Crippen molar-refractivity contribution in [1.29, 1.82) is 0 Å². The van der Waals surface area contributed by atoms with E-state index in [1.807, 2.05) is 12.1 Å². The summed E-state index contributed by atoms with van der Waals surface area (Å²) in [7, 11) is 0. The lowest BCUT2D eigenvalue weighted by atomic mass is 10.1. The molecule has 0 unspecified atom stereocenters. The highest BCUT2D eigenvalue weighted by Crippen LogP contribution is 2.40. The Morgan fingerprint density at radius 3 is 2.83 bits per heavy atom. The van der Waals surface area contributed by atoms with E-state index < -0.39 is 17.7 Å². The second-order valence-electron chi connectivity index (χ2n) is 6.89. The molecule has 1 saturated carbocycles. The zero-order valence-corrected chi connectivity index (χ0v) is 16.5. The molecule has 1 aromatic carbocycles. The van der Waals surface area contributed by atoms with Gasteiger partial charge in [0.1, 0.15) is 11.6 Å². The van der Waals surface area contributed by atoms with E-state index in [2.05, 4.69) is 25.1 Å². The van der Waals surface area contributed by atoms with Crippen molar-refractivity contribution in [3.63, 3.8) is 0 Å². The molecule has 1 atom stereocenters. The van der Waals surface area contributed by atoms with Crippen LogP contribution in [0.3, 0.4) is 0 Å². The number of thioether (sulfide) groups is 1. The Balaban J connectivity index is 1.42. The fourth-order valence-electron chi connectivity index (χ4n) is 3.07. The Morgan fingerprint density at radius 2 is 2.14 bits per heavy atom. The lowest BCUT2D eigenvalue weighted by molar-refractivity contribution is -0.119. The van der Waals surface area contributed by atoms with Crippen molar-refractivity contribution >= 4 is 17.7 Å². The van der Waals surface area contributed by atoms with Crippen molar-refractivity contribution in [1.82, 2.24) is 25.1 Å². The van der Waals surface area contributed by atoms with E-state index in [9.17, 15) is 13.6 Å². The van der Waals surface area contributed by atoms with Crippen LogP contribution in [0.1, 0.15) is 37.4 Å². The van der Waals surface area contributed by atoms with Crippen LogP contribution in [-0.4, -0.2) is 31.4 Å². The van der Waals surface area contributed by atoms with Gasteiger partial charge in [0, 0.05) is 35.6 Å². The summed E-state index contributed by atoms with van der Waals surface area (Å²) in [5.74, 6) is -0.737. The van der Waals surface area contributed by atoms with Crippen LogP contribution in [-0.2, 0) is 4.79 Å². The molecular weight excluding hydrogens is 396 g/mol. The van der Waals surface area contributed by atoms with Gasteiger partial charge in [-0.3, -0.25) is 14.3 Å².